The largest absolute Gasteiger partial charge is 0.480 e. The zero-order valence-electron chi connectivity index (χ0n) is 7.18. The van der Waals surface area contributed by atoms with Gasteiger partial charge in [-0.3, -0.25) is 4.79 Å². The molecule has 5 nitrogen and oxygen atoms in total. The molecule has 1 unspecified atom stereocenters. The second kappa shape index (κ2) is 6.88. The number of carbonyl (C=O) groups is 2. The predicted octanol–water partition coefficient (Wildman–Crippen LogP) is -0.952. The normalized spacial score (nSPS) is 14.9. The van der Waals surface area contributed by atoms with E-state index in [1.807, 2.05) is 0 Å². The number of aldehydes is 1. The lowest BCUT2D eigenvalue weighted by Crippen LogP contribution is -2.28. The molecule has 0 aromatic rings. The van der Waals surface area contributed by atoms with Gasteiger partial charge in [0.05, 0.1) is 6.04 Å². The van der Waals surface area contributed by atoms with Crippen LogP contribution in [0.25, 0.3) is 0 Å². The summed E-state index contributed by atoms with van der Waals surface area (Å²) in [6.07, 6.45) is 1.000. The van der Waals surface area contributed by atoms with Gasteiger partial charge in [-0.05, 0) is 13.0 Å². The Morgan fingerprint density at radius 3 is 2.62 bits per heavy atom. The molecule has 0 aliphatic heterocycles. The first-order valence-corrected chi connectivity index (χ1v) is 4.92. The van der Waals surface area contributed by atoms with Gasteiger partial charge in [0.1, 0.15) is 11.5 Å². The van der Waals surface area contributed by atoms with E-state index in [4.69, 9.17) is 16.6 Å². The fourth-order valence-corrected chi connectivity index (χ4v) is 1.67. The molecule has 0 fully saturated rings. The predicted molar refractivity (Wildman–Crippen MR) is 51.6 cm³/mol. The zero-order valence-corrected chi connectivity index (χ0v) is 8.00. The number of thioether (sulfide) groups is 1. The summed E-state index contributed by atoms with van der Waals surface area (Å²) in [7, 11) is 0. The summed E-state index contributed by atoms with van der Waals surface area (Å²) in [5.41, 5.74) is 10.5. The Morgan fingerprint density at radius 1 is 1.62 bits per heavy atom. The Labute approximate surface area is 80.8 Å². The molecule has 0 radical (unpaired) electrons. The molecule has 6 heteroatoms. The first-order valence-electron chi connectivity index (χ1n) is 3.87. The topological polar surface area (TPSA) is 106 Å². The molecule has 0 saturated carbocycles. The molecule has 0 aliphatic rings. The van der Waals surface area contributed by atoms with Gasteiger partial charge in [0.25, 0.3) is 0 Å². The van der Waals surface area contributed by atoms with E-state index in [0.717, 1.165) is 11.8 Å². The molecule has 0 aromatic heterocycles. The summed E-state index contributed by atoms with van der Waals surface area (Å²) in [6.45, 7) is 0.320. The van der Waals surface area contributed by atoms with Crippen molar-refractivity contribution < 1.29 is 14.7 Å². The van der Waals surface area contributed by atoms with Gasteiger partial charge in [0.2, 0.25) is 0 Å². The van der Waals surface area contributed by atoms with Crippen LogP contribution in [0.1, 0.15) is 6.42 Å². The first-order chi connectivity index (χ1) is 6.11. The molecule has 2 atom stereocenters. The average Bonchev–Trinajstić information content (AvgIpc) is 2.11. The van der Waals surface area contributed by atoms with Crippen LogP contribution in [0.2, 0.25) is 0 Å². The van der Waals surface area contributed by atoms with Crippen molar-refractivity contribution in [2.24, 2.45) is 11.5 Å². The second-order valence-electron chi connectivity index (χ2n) is 2.54. The van der Waals surface area contributed by atoms with Gasteiger partial charge in [-0.1, -0.05) is 0 Å². The highest BCUT2D eigenvalue weighted by molar-refractivity contribution is 8.00. The van der Waals surface area contributed by atoms with Crippen molar-refractivity contribution in [2.45, 2.75) is 17.7 Å². The van der Waals surface area contributed by atoms with Crippen LogP contribution in [-0.4, -0.2) is 41.0 Å². The number of rotatable bonds is 7. The number of aliphatic carboxylic acids is 1. The smallest absolute Gasteiger partial charge is 0.316 e. The summed E-state index contributed by atoms with van der Waals surface area (Å²) < 4.78 is 0. The van der Waals surface area contributed by atoms with Gasteiger partial charge < -0.3 is 21.4 Å². The molecule has 0 rings (SSSR count). The summed E-state index contributed by atoms with van der Waals surface area (Å²) in [4.78, 5) is 20.7. The van der Waals surface area contributed by atoms with Crippen molar-refractivity contribution in [3.63, 3.8) is 0 Å². The number of carboxylic acid groups (broad SMARTS) is 1. The van der Waals surface area contributed by atoms with E-state index in [2.05, 4.69) is 0 Å². The fourth-order valence-electron chi connectivity index (χ4n) is 0.696. The molecule has 0 heterocycles. The number of carboxylic acids is 1. The number of hydrogen-bond donors (Lipinski definition) is 3. The lowest BCUT2D eigenvalue weighted by Gasteiger charge is -2.11. The third-order valence-corrected chi connectivity index (χ3v) is 2.79. The SMILES string of the molecule is NCCC(SC[C@H](N)C=O)C(=O)O. The fraction of sp³-hybridized carbons (Fsp3) is 0.714. The molecule has 76 valence electrons. The van der Waals surface area contributed by atoms with Crippen LogP contribution < -0.4 is 11.5 Å². The Bertz CT molecular complexity index is 177. The number of nitrogens with two attached hydrogens (primary N) is 2. The third-order valence-electron chi connectivity index (χ3n) is 1.37. The van der Waals surface area contributed by atoms with E-state index in [0.29, 0.717) is 25.0 Å². The lowest BCUT2D eigenvalue weighted by atomic mass is 10.3. The standard InChI is InChI=1S/C7H14N2O3S/c8-2-1-6(7(11)12)13-4-5(9)3-10/h3,5-6H,1-2,4,8-9H2,(H,11,12)/t5-,6?/m1/s1. The summed E-state index contributed by atoms with van der Waals surface area (Å²) >= 11 is 1.15. The van der Waals surface area contributed by atoms with Gasteiger partial charge in [0.15, 0.2) is 0 Å². The van der Waals surface area contributed by atoms with Crippen molar-refractivity contribution in [1.82, 2.24) is 0 Å². The zero-order chi connectivity index (χ0) is 10.3. The summed E-state index contributed by atoms with van der Waals surface area (Å²) in [5.74, 6) is -0.589. The highest BCUT2D eigenvalue weighted by Gasteiger charge is 2.17. The van der Waals surface area contributed by atoms with E-state index in [1.165, 1.54) is 0 Å². The van der Waals surface area contributed by atoms with E-state index < -0.39 is 17.3 Å². The summed E-state index contributed by atoms with van der Waals surface area (Å²) in [6, 6.07) is -0.593. The van der Waals surface area contributed by atoms with E-state index in [9.17, 15) is 9.59 Å². The van der Waals surface area contributed by atoms with Crippen LogP contribution in [-0.2, 0) is 9.59 Å². The maximum atomic E-state index is 10.6. The van der Waals surface area contributed by atoms with Gasteiger partial charge >= 0.3 is 5.97 Å². The molecular formula is C7H14N2O3S. The molecule has 0 aromatic carbocycles. The van der Waals surface area contributed by atoms with E-state index in [-0.39, 0.29) is 0 Å². The molecule has 13 heavy (non-hydrogen) atoms. The Hall–Kier alpha value is -0.590. The highest BCUT2D eigenvalue weighted by Crippen LogP contribution is 2.14. The quantitative estimate of drug-likeness (QED) is 0.463. The second-order valence-corrected chi connectivity index (χ2v) is 3.77. The van der Waals surface area contributed by atoms with Gasteiger partial charge in [-0.25, -0.2) is 0 Å². The summed E-state index contributed by atoms with van der Waals surface area (Å²) in [5, 5.41) is 8.13. The minimum Gasteiger partial charge on any atom is -0.480 e. The Morgan fingerprint density at radius 2 is 2.23 bits per heavy atom. The van der Waals surface area contributed by atoms with E-state index in [1.54, 1.807) is 0 Å². The monoisotopic (exact) mass is 206 g/mol. The van der Waals surface area contributed by atoms with Gasteiger partial charge in [-0.2, -0.15) is 0 Å². The molecule has 0 bridgehead atoms. The first kappa shape index (κ1) is 12.4. The third kappa shape index (κ3) is 5.62. The minimum atomic E-state index is -0.909. The van der Waals surface area contributed by atoms with Crippen molar-refractivity contribution in [3.8, 4) is 0 Å². The molecular weight excluding hydrogens is 192 g/mol. The van der Waals surface area contributed by atoms with E-state index >= 15 is 0 Å². The van der Waals surface area contributed by atoms with Crippen molar-refractivity contribution >= 4 is 24.0 Å². The van der Waals surface area contributed by atoms with Gasteiger partial charge in [-0.15, -0.1) is 11.8 Å². The number of carbonyl (C=O) groups excluding carboxylic acids is 1. The molecule has 5 N–H and O–H groups in total. The van der Waals surface area contributed by atoms with Crippen LogP contribution in [0.3, 0.4) is 0 Å². The lowest BCUT2D eigenvalue weighted by molar-refractivity contribution is -0.136. The van der Waals surface area contributed by atoms with Crippen molar-refractivity contribution in [2.75, 3.05) is 12.3 Å². The van der Waals surface area contributed by atoms with Crippen LogP contribution in [0.4, 0.5) is 0 Å². The molecule has 0 amide bonds. The maximum Gasteiger partial charge on any atom is 0.316 e. The van der Waals surface area contributed by atoms with Crippen LogP contribution in [0, 0.1) is 0 Å². The van der Waals surface area contributed by atoms with Crippen molar-refractivity contribution in [1.29, 1.82) is 0 Å². The Balaban J connectivity index is 3.81. The van der Waals surface area contributed by atoms with Crippen LogP contribution in [0.5, 0.6) is 0 Å². The van der Waals surface area contributed by atoms with Gasteiger partial charge in [0, 0.05) is 5.75 Å². The highest BCUT2D eigenvalue weighted by atomic mass is 32.2. The molecule has 0 aliphatic carbocycles. The van der Waals surface area contributed by atoms with Crippen LogP contribution >= 0.6 is 11.8 Å². The molecule has 0 spiro atoms. The minimum absolute atomic E-state index is 0.320. The average molecular weight is 206 g/mol. The molecule has 0 saturated heterocycles. The maximum absolute atomic E-state index is 10.6. The number of hydrogen-bond acceptors (Lipinski definition) is 5. The Kier molecular flexibility index (Phi) is 6.56. The van der Waals surface area contributed by atoms with Crippen LogP contribution in [0.15, 0.2) is 0 Å². The van der Waals surface area contributed by atoms with Crippen molar-refractivity contribution in [3.05, 3.63) is 0 Å².